The van der Waals surface area contributed by atoms with Crippen LogP contribution in [-0.4, -0.2) is 18.3 Å². The van der Waals surface area contributed by atoms with Gasteiger partial charge in [0, 0.05) is 0 Å². The zero-order valence-corrected chi connectivity index (χ0v) is 11.3. The fourth-order valence-electron chi connectivity index (χ4n) is 2.11. The maximum Gasteiger partial charge on any atom is 0.0666 e. The number of benzene rings is 1. The van der Waals surface area contributed by atoms with Crippen LogP contribution in [0.15, 0.2) is 24.3 Å². The topological polar surface area (TPSA) is 32.3 Å². The Morgan fingerprint density at radius 2 is 1.76 bits per heavy atom. The first-order valence-corrected chi connectivity index (χ1v) is 6.67. The van der Waals surface area contributed by atoms with E-state index in [1.807, 2.05) is 0 Å². The van der Waals surface area contributed by atoms with Crippen molar-refractivity contribution in [2.75, 3.05) is 13.2 Å². The van der Waals surface area contributed by atoms with Crippen molar-refractivity contribution in [1.29, 1.82) is 0 Å². The summed E-state index contributed by atoms with van der Waals surface area (Å²) in [5, 5.41) is 13.2. The zero-order chi connectivity index (χ0) is 12.7. The predicted octanol–water partition coefficient (Wildman–Crippen LogP) is 2.85. The third-order valence-electron chi connectivity index (χ3n) is 3.50. The summed E-state index contributed by atoms with van der Waals surface area (Å²) in [5.41, 5.74) is 2.25. The van der Waals surface area contributed by atoms with Gasteiger partial charge in [0.05, 0.1) is 12.1 Å². The molecule has 0 aliphatic rings. The van der Waals surface area contributed by atoms with Crippen LogP contribution in [-0.2, 0) is 12.0 Å². The molecule has 2 nitrogen and oxygen atoms in total. The van der Waals surface area contributed by atoms with Crippen molar-refractivity contribution >= 4 is 0 Å². The van der Waals surface area contributed by atoms with E-state index in [0.29, 0.717) is 0 Å². The molecule has 0 aliphatic heterocycles. The molecule has 0 bridgehead atoms. The molecule has 96 valence electrons. The number of hydrogen-bond donors (Lipinski definition) is 2. The van der Waals surface area contributed by atoms with Crippen molar-refractivity contribution in [3.8, 4) is 0 Å². The molecule has 0 aliphatic carbocycles. The Balaban J connectivity index is 2.94. The number of hydrogen-bond acceptors (Lipinski definition) is 2. The van der Waals surface area contributed by atoms with Gasteiger partial charge in [0.1, 0.15) is 0 Å². The molecule has 0 aromatic heterocycles. The van der Waals surface area contributed by atoms with Crippen LogP contribution < -0.4 is 5.32 Å². The number of aliphatic hydroxyl groups excluding tert-OH is 1. The van der Waals surface area contributed by atoms with E-state index < -0.39 is 0 Å². The Morgan fingerprint density at radius 1 is 1.12 bits per heavy atom. The van der Waals surface area contributed by atoms with Crippen molar-refractivity contribution in [2.24, 2.45) is 0 Å². The molecule has 0 saturated heterocycles. The zero-order valence-electron chi connectivity index (χ0n) is 11.3. The minimum atomic E-state index is -0.276. The minimum Gasteiger partial charge on any atom is -0.394 e. The van der Waals surface area contributed by atoms with Crippen molar-refractivity contribution in [3.05, 3.63) is 35.4 Å². The van der Waals surface area contributed by atoms with E-state index in [0.717, 1.165) is 25.8 Å². The van der Waals surface area contributed by atoms with Gasteiger partial charge >= 0.3 is 0 Å². The molecular weight excluding hydrogens is 210 g/mol. The third kappa shape index (κ3) is 3.30. The van der Waals surface area contributed by atoms with Gasteiger partial charge in [-0.15, -0.1) is 0 Å². The molecule has 2 N–H and O–H groups in total. The minimum absolute atomic E-state index is 0.148. The van der Waals surface area contributed by atoms with Gasteiger partial charge in [-0.1, -0.05) is 45.0 Å². The van der Waals surface area contributed by atoms with Gasteiger partial charge in [0.25, 0.3) is 0 Å². The molecule has 17 heavy (non-hydrogen) atoms. The summed E-state index contributed by atoms with van der Waals surface area (Å²) >= 11 is 0. The second kappa shape index (κ2) is 6.77. The van der Waals surface area contributed by atoms with Crippen LogP contribution in [0.25, 0.3) is 0 Å². The molecule has 0 amide bonds. The highest BCUT2D eigenvalue weighted by Crippen LogP contribution is 2.25. The molecule has 0 heterocycles. The summed E-state index contributed by atoms with van der Waals surface area (Å²) < 4.78 is 0. The lowest BCUT2D eigenvalue weighted by Gasteiger charge is -2.33. The Kier molecular flexibility index (Phi) is 5.66. The number of rotatable bonds is 7. The van der Waals surface area contributed by atoms with Crippen LogP contribution in [0.1, 0.15) is 44.7 Å². The second-order valence-electron chi connectivity index (χ2n) is 4.57. The van der Waals surface area contributed by atoms with Crippen LogP contribution in [0, 0.1) is 0 Å². The highest BCUT2D eigenvalue weighted by Gasteiger charge is 2.28. The quantitative estimate of drug-likeness (QED) is 0.761. The monoisotopic (exact) mass is 235 g/mol. The first-order valence-electron chi connectivity index (χ1n) is 6.67. The molecule has 1 aromatic rings. The van der Waals surface area contributed by atoms with Gasteiger partial charge in [-0.2, -0.15) is 0 Å². The van der Waals surface area contributed by atoms with E-state index in [1.165, 1.54) is 11.1 Å². The Morgan fingerprint density at radius 3 is 2.18 bits per heavy atom. The fourth-order valence-corrected chi connectivity index (χ4v) is 2.11. The molecule has 1 unspecified atom stereocenters. The summed E-state index contributed by atoms with van der Waals surface area (Å²) in [6.07, 6.45) is 3.03. The standard InChI is InChI=1S/C15H25NO/c1-4-11-16-15(6-3,12-17)14-9-7-13(5-2)8-10-14/h7-10,16-17H,4-6,11-12H2,1-3H3. The van der Waals surface area contributed by atoms with E-state index in [9.17, 15) is 5.11 Å². The molecule has 0 fully saturated rings. The number of aryl methyl sites for hydroxylation is 1. The third-order valence-corrected chi connectivity index (χ3v) is 3.50. The molecular formula is C15H25NO. The predicted molar refractivity (Wildman–Crippen MR) is 73.2 cm³/mol. The normalized spacial score (nSPS) is 14.6. The Labute approximate surface area is 105 Å². The van der Waals surface area contributed by atoms with Crippen LogP contribution >= 0.6 is 0 Å². The Hall–Kier alpha value is -0.860. The van der Waals surface area contributed by atoms with E-state index in [2.05, 4.69) is 50.4 Å². The van der Waals surface area contributed by atoms with Gasteiger partial charge < -0.3 is 10.4 Å². The molecule has 1 aromatic carbocycles. The first kappa shape index (κ1) is 14.2. The average molecular weight is 235 g/mol. The maximum atomic E-state index is 9.72. The molecule has 0 saturated carbocycles. The lowest BCUT2D eigenvalue weighted by Crippen LogP contribution is -2.45. The van der Waals surface area contributed by atoms with Gasteiger partial charge in [-0.3, -0.25) is 0 Å². The molecule has 1 rings (SSSR count). The van der Waals surface area contributed by atoms with E-state index in [-0.39, 0.29) is 12.1 Å². The smallest absolute Gasteiger partial charge is 0.0666 e. The second-order valence-corrected chi connectivity index (χ2v) is 4.57. The average Bonchev–Trinajstić information content (AvgIpc) is 2.41. The number of nitrogens with one attached hydrogen (secondary N) is 1. The van der Waals surface area contributed by atoms with Gasteiger partial charge in [-0.05, 0) is 36.9 Å². The SMILES string of the molecule is CCCNC(CC)(CO)c1ccc(CC)cc1. The first-order chi connectivity index (χ1) is 8.22. The van der Waals surface area contributed by atoms with Crippen LogP contribution in [0.3, 0.4) is 0 Å². The maximum absolute atomic E-state index is 9.72. The fraction of sp³-hybridized carbons (Fsp3) is 0.600. The summed E-state index contributed by atoms with van der Waals surface area (Å²) in [4.78, 5) is 0. The summed E-state index contributed by atoms with van der Waals surface area (Å²) in [5.74, 6) is 0. The largest absolute Gasteiger partial charge is 0.394 e. The van der Waals surface area contributed by atoms with E-state index >= 15 is 0 Å². The van der Waals surface area contributed by atoms with Crippen LogP contribution in [0.5, 0.6) is 0 Å². The van der Waals surface area contributed by atoms with Crippen LogP contribution in [0.2, 0.25) is 0 Å². The molecule has 2 heteroatoms. The summed E-state index contributed by atoms with van der Waals surface area (Å²) in [6.45, 7) is 7.50. The molecule has 0 spiro atoms. The lowest BCUT2D eigenvalue weighted by molar-refractivity contribution is 0.156. The van der Waals surface area contributed by atoms with Gasteiger partial charge in [0.15, 0.2) is 0 Å². The summed E-state index contributed by atoms with van der Waals surface area (Å²) in [7, 11) is 0. The van der Waals surface area contributed by atoms with E-state index in [1.54, 1.807) is 0 Å². The summed E-state index contributed by atoms with van der Waals surface area (Å²) in [6, 6.07) is 8.59. The highest BCUT2D eigenvalue weighted by molar-refractivity contribution is 5.29. The molecule has 1 atom stereocenters. The highest BCUT2D eigenvalue weighted by atomic mass is 16.3. The van der Waals surface area contributed by atoms with E-state index in [4.69, 9.17) is 0 Å². The van der Waals surface area contributed by atoms with Crippen LogP contribution in [0.4, 0.5) is 0 Å². The lowest BCUT2D eigenvalue weighted by atomic mass is 9.87. The van der Waals surface area contributed by atoms with Gasteiger partial charge in [0.2, 0.25) is 0 Å². The van der Waals surface area contributed by atoms with Gasteiger partial charge in [-0.25, -0.2) is 0 Å². The number of aliphatic hydroxyl groups is 1. The Bertz CT molecular complexity index is 314. The van der Waals surface area contributed by atoms with Crippen molar-refractivity contribution < 1.29 is 5.11 Å². The van der Waals surface area contributed by atoms with Crippen molar-refractivity contribution in [2.45, 2.75) is 45.6 Å². The van der Waals surface area contributed by atoms with Crippen molar-refractivity contribution in [1.82, 2.24) is 5.32 Å². The molecule has 0 radical (unpaired) electrons. The van der Waals surface area contributed by atoms with Crippen molar-refractivity contribution in [3.63, 3.8) is 0 Å².